The van der Waals surface area contributed by atoms with Crippen molar-refractivity contribution in [1.29, 1.82) is 0 Å². The van der Waals surface area contributed by atoms with Gasteiger partial charge in [0.15, 0.2) is 5.76 Å². The van der Waals surface area contributed by atoms with Gasteiger partial charge in [-0.25, -0.2) is 4.79 Å². The van der Waals surface area contributed by atoms with E-state index in [1.54, 1.807) is 0 Å². The Morgan fingerprint density at radius 1 is 1.43 bits per heavy atom. The van der Waals surface area contributed by atoms with E-state index in [0.717, 1.165) is 6.42 Å². The average Bonchev–Trinajstić information content (AvgIpc) is 2.21. The van der Waals surface area contributed by atoms with Crippen molar-refractivity contribution < 1.29 is 24.5 Å². The van der Waals surface area contributed by atoms with Gasteiger partial charge in [-0.1, -0.05) is 6.92 Å². The smallest absolute Gasteiger partial charge is 0.373 e. The maximum atomic E-state index is 11.1. The van der Waals surface area contributed by atoms with Gasteiger partial charge in [-0.15, -0.1) is 0 Å². The SMILES string of the molecule is C=C(OCCC)C(=O)OC(CO)CO. The zero-order chi connectivity index (χ0) is 11.0. The Hall–Kier alpha value is -1.07. The molecule has 0 rings (SSSR count). The first-order valence-corrected chi connectivity index (χ1v) is 4.40. The van der Waals surface area contributed by atoms with Crippen molar-refractivity contribution in [1.82, 2.24) is 0 Å². The maximum absolute atomic E-state index is 11.1. The van der Waals surface area contributed by atoms with E-state index in [1.165, 1.54) is 0 Å². The van der Waals surface area contributed by atoms with Gasteiger partial charge in [-0.2, -0.15) is 0 Å². The van der Waals surface area contributed by atoms with Crippen LogP contribution in [0.3, 0.4) is 0 Å². The molecule has 0 atom stereocenters. The summed E-state index contributed by atoms with van der Waals surface area (Å²) < 4.78 is 9.55. The Morgan fingerprint density at radius 2 is 2.00 bits per heavy atom. The second kappa shape index (κ2) is 7.34. The number of hydrogen-bond donors (Lipinski definition) is 2. The summed E-state index contributed by atoms with van der Waals surface area (Å²) in [5.41, 5.74) is 0. The molecule has 0 heterocycles. The summed E-state index contributed by atoms with van der Waals surface area (Å²) in [6.45, 7) is 4.78. The van der Waals surface area contributed by atoms with Gasteiger partial charge >= 0.3 is 5.97 Å². The largest absolute Gasteiger partial charge is 0.487 e. The molecule has 0 aromatic carbocycles. The minimum atomic E-state index is -0.913. The molecule has 0 saturated carbocycles. The molecule has 0 amide bonds. The van der Waals surface area contributed by atoms with Gasteiger partial charge in [0.05, 0.1) is 19.8 Å². The second-order valence-electron chi connectivity index (χ2n) is 2.66. The van der Waals surface area contributed by atoms with Crippen molar-refractivity contribution in [2.75, 3.05) is 19.8 Å². The molecular formula is C9H16O5. The lowest BCUT2D eigenvalue weighted by Crippen LogP contribution is -2.26. The van der Waals surface area contributed by atoms with Gasteiger partial charge in [0.2, 0.25) is 0 Å². The minimum absolute atomic E-state index is 0.112. The summed E-state index contributed by atoms with van der Waals surface area (Å²) in [4.78, 5) is 11.1. The molecule has 0 aromatic heterocycles. The number of hydrogen-bond acceptors (Lipinski definition) is 5. The summed E-state index contributed by atoms with van der Waals surface area (Å²) in [6.07, 6.45) is -0.153. The van der Waals surface area contributed by atoms with Crippen LogP contribution in [0.2, 0.25) is 0 Å². The van der Waals surface area contributed by atoms with Crippen LogP contribution in [0.1, 0.15) is 13.3 Å². The molecule has 0 spiro atoms. The van der Waals surface area contributed by atoms with E-state index in [1.807, 2.05) is 6.92 Å². The molecule has 82 valence electrons. The molecule has 0 aliphatic heterocycles. The molecule has 5 heteroatoms. The molecule has 0 bridgehead atoms. The number of carbonyl (C=O) groups is 1. The lowest BCUT2D eigenvalue weighted by atomic mass is 10.4. The van der Waals surface area contributed by atoms with Crippen LogP contribution in [0.25, 0.3) is 0 Å². The van der Waals surface area contributed by atoms with Crippen molar-refractivity contribution in [3.63, 3.8) is 0 Å². The molecule has 5 nitrogen and oxygen atoms in total. The van der Waals surface area contributed by atoms with Crippen molar-refractivity contribution in [2.24, 2.45) is 0 Å². The second-order valence-corrected chi connectivity index (χ2v) is 2.66. The van der Waals surface area contributed by atoms with Gasteiger partial charge < -0.3 is 19.7 Å². The molecule has 0 saturated heterocycles. The summed E-state index contributed by atoms with van der Waals surface area (Å²) in [5.74, 6) is -0.870. The van der Waals surface area contributed by atoms with E-state index in [4.69, 9.17) is 14.9 Å². The van der Waals surface area contributed by atoms with E-state index < -0.39 is 25.3 Å². The predicted octanol–water partition coefficient (Wildman–Crippen LogP) is -0.177. The van der Waals surface area contributed by atoms with Crippen LogP contribution in [0.5, 0.6) is 0 Å². The van der Waals surface area contributed by atoms with Gasteiger partial charge in [-0.3, -0.25) is 0 Å². The van der Waals surface area contributed by atoms with Crippen molar-refractivity contribution in [3.8, 4) is 0 Å². The van der Waals surface area contributed by atoms with E-state index in [0.29, 0.717) is 6.61 Å². The third-order valence-corrected chi connectivity index (χ3v) is 1.39. The highest BCUT2D eigenvalue weighted by atomic mass is 16.6. The van der Waals surface area contributed by atoms with Gasteiger partial charge in [-0.05, 0) is 13.0 Å². The van der Waals surface area contributed by atoms with Gasteiger partial charge in [0, 0.05) is 0 Å². The highest BCUT2D eigenvalue weighted by molar-refractivity contribution is 5.85. The van der Waals surface area contributed by atoms with Crippen LogP contribution < -0.4 is 0 Å². The normalized spacial score (nSPS) is 10.0. The molecule has 0 aliphatic rings. The molecule has 0 fully saturated rings. The number of carbonyl (C=O) groups excluding carboxylic acids is 1. The fourth-order valence-electron chi connectivity index (χ4n) is 0.634. The maximum Gasteiger partial charge on any atom is 0.373 e. The van der Waals surface area contributed by atoms with Gasteiger partial charge in [0.25, 0.3) is 0 Å². The third kappa shape index (κ3) is 4.84. The van der Waals surface area contributed by atoms with Crippen LogP contribution in [-0.4, -0.2) is 42.1 Å². The topological polar surface area (TPSA) is 76.0 Å². The Kier molecular flexibility index (Phi) is 6.78. The Bertz CT molecular complexity index is 186. The van der Waals surface area contributed by atoms with E-state index >= 15 is 0 Å². The lowest BCUT2D eigenvalue weighted by molar-refractivity contribution is -0.152. The number of rotatable bonds is 7. The summed E-state index contributed by atoms with van der Waals surface area (Å²) in [7, 11) is 0. The highest BCUT2D eigenvalue weighted by Gasteiger charge is 2.15. The van der Waals surface area contributed by atoms with Crippen molar-refractivity contribution in [3.05, 3.63) is 12.3 Å². The first kappa shape index (κ1) is 12.9. The van der Waals surface area contributed by atoms with Crippen LogP contribution in [0.4, 0.5) is 0 Å². The average molecular weight is 204 g/mol. The molecule has 0 aliphatic carbocycles. The quantitative estimate of drug-likeness (QED) is 0.342. The summed E-state index contributed by atoms with van der Waals surface area (Å²) in [6, 6.07) is 0. The fourth-order valence-corrected chi connectivity index (χ4v) is 0.634. The van der Waals surface area contributed by atoms with E-state index in [9.17, 15) is 4.79 Å². The fraction of sp³-hybridized carbons (Fsp3) is 0.667. The van der Waals surface area contributed by atoms with Gasteiger partial charge in [0.1, 0.15) is 6.10 Å². The molecule has 0 aromatic rings. The summed E-state index contributed by atoms with van der Waals surface area (Å²) >= 11 is 0. The van der Waals surface area contributed by atoms with E-state index in [-0.39, 0.29) is 5.76 Å². The molecule has 0 unspecified atom stereocenters. The standard InChI is InChI=1S/C9H16O5/c1-3-4-13-7(2)9(12)14-8(5-10)6-11/h8,10-11H,2-6H2,1H3. The first-order chi connectivity index (χ1) is 6.65. The molecular weight excluding hydrogens is 188 g/mol. The Labute approximate surface area is 82.9 Å². The van der Waals surface area contributed by atoms with Crippen LogP contribution in [-0.2, 0) is 14.3 Å². The number of aliphatic hydroxyl groups is 2. The molecule has 2 N–H and O–H groups in total. The monoisotopic (exact) mass is 204 g/mol. The molecule has 0 radical (unpaired) electrons. The number of aliphatic hydroxyl groups excluding tert-OH is 2. The zero-order valence-electron chi connectivity index (χ0n) is 8.23. The minimum Gasteiger partial charge on any atom is -0.487 e. The van der Waals surface area contributed by atoms with Crippen molar-refractivity contribution >= 4 is 5.97 Å². The highest BCUT2D eigenvalue weighted by Crippen LogP contribution is 2.01. The Balaban J connectivity index is 3.87. The van der Waals surface area contributed by atoms with Crippen molar-refractivity contribution in [2.45, 2.75) is 19.4 Å². The van der Waals surface area contributed by atoms with Crippen LogP contribution in [0, 0.1) is 0 Å². The Morgan fingerprint density at radius 3 is 2.43 bits per heavy atom. The zero-order valence-corrected chi connectivity index (χ0v) is 8.23. The number of ether oxygens (including phenoxy) is 2. The summed E-state index contributed by atoms with van der Waals surface area (Å²) in [5, 5.41) is 17.3. The predicted molar refractivity (Wildman–Crippen MR) is 49.4 cm³/mol. The van der Waals surface area contributed by atoms with Crippen LogP contribution >= 0.6 is 0 Å². The lowest BCUT2D eigenvalue weighted by Gasteiger charge is -2.13. The van der Waals surface area contributed by atoms with E-state index in [2.05, 4.69) is 11.3 Å². The van der Waals surface area contributed by atoms with Crippen LogP contribution in [0.15, 0.2) is 12.3 Å². The first-order valence-electron chi connectivity index (χ1n) is 4.40. The number of esters is 1. The molecule has 14 heavy (non-hydrogen) atoms. The third-order valence-electron chi connectivity index (χ3n) is 1.39.